The molecule has 2 aliphatic rings. The number of carboxylic acid groups (broad SMARTS) is 1. The SMILES string of the molecule is C[C@H](CC(=O)NC1(CC(=O)O)CCSCC1)NC(=O)OCC1c2ccccc2-c2ccccc21. The standard InChI is InChI=1S/C26H30N2O5S/c1-17(14-23(29)28-26(15-24(30)31)10-12-34-13-11-26)27-25(32)33-16-22-20-8-4-2-6-18(20)19-7-3-5-9-21(19)22/h2-9,17,22H,10-16H2,1H3,(H,27,32)(H,28,29)(H,30,31)/t17-/m1/s1. The third-order valence-corrected chi connectivity index (χ3v) is 7.53. The Kier molecular flexibility index (Phi) is 7.46. The van der Waals surface area contributed by atoms with E-state index in [4.69, 9.17) is 4.74 Å². The number of rotatable bonds is 8. The van der Waals surface area contributed by atoms with Gasteiger partial charge in [-0.25, -0.2) is 4.79 Å². The number of fused-ring (bicyclic) bond motifs is 3. The van der Waals surface area contributed by atoms with Crippen LogP contribution in [0.15, 0.2) is 48.5 Å². The van der Waals surface area contributed by atoms with E-state index in [9.17, 15) is 19.5 Å². The number of amides is 2. The van der Waals surface area contributed by atoms with Crippen LogP contribution in [0.4, 0.5) is 4.79 Å². The molecule has 34 heavy (non-hydrogen) atoms. The van der Waals surface area contributed by atoms with E-state index in [0.29, 0.717) is 12.8 Å². The summed E-state index contributed by atoms with van der Waals surface area (Å²) >= 11 is 1.76. The second-order valence-electron chi connectivity index (χ2n) is 9.09. The van der Waals surface area contributed by atoms with Gasteiger partial charge in [-0.15, -0.1) is 0 Å². The maximum absolute atomic E-state index is 12.6. The lowest BCUT2D eigenvalue weighted by atomic mass is 9.88. The fourth-order valence-corrected chi connectivity index (χ4v) is 6.19. The topological polar surface area (TPSA) is 105 Å². The molecule has 0 spiro atoms. The molecule has 0 bridgehead atoms. The van der Waals surface area contributed by atoms with E-state index < -0.39 is 23.6 Å². The lowest BCUT2D eigenvalue weighted by molar-refractivity contribution is -0.139. The number of alkyl carbamates (subject to hydrolysis) is 1. The third-order valence-electron chi connectivity index (χ3n) is 6.54. The van der Waals surface area contributed by atoms with E-state index in [1.807, 2.05) is 24.3 Å². The minimum Gasteiger partial charge on any atom is -0.481 e. The van der Waals surface area contributed by atoms with Crippen molar-refractivity contribution in [2.24, 2.45) is 0 Å². The Hall–Kier alpha value is -3.00. The highest BCUT2D eigenvalue weighted by Gasteiger charge is 2.36. The maximum atomic E-state index is 12.6. The number of hydrogen-bond acceptors (Lipinski definition) is 5. The van der Waals surface area contributed by atoms with E-state index in [1.165, 1.54) is 0 Å². The summed E-state index contributed by atoms with van der Waals surface area (Å²) in [5.41, 5.74) is 3.89. The van der Waals surface area contributed by atoms with Gasteiger partial charge in [0.25, 0.3) is 0 Å². The number of carboxylic acids is 1. The maximum Gasteiger partial charge on any atom is 0.407 e. The van der Waals surface area contributed by atoms with Crippen molar-refractivity contribution in [3.05, 3.63) is 59.7 Å². The molecule has 2 amide bonds. The van der Waals surface area contributed by atoms with Gasteiger partial charge in [0.15, 0.2) is 0 Å². The molecule has 1 aliphatic heterocycles. The molecule has 2 aromatic rings. The minimum absolute atomic E-state index is 0.0307. The van der Waals surface area contributed by atoms with Gasteiger partial charge < -0.3 is 20.5 Å². The van der Waals surface area contributed by atoms with Crippen LogP contribution >= 0.6 is 11.8 Å². The summed E-state index contributed by atoms with van der Waals surface area (Å²) < 4.78 is 5.55. The van der Waals surface area contributed by atoms with E-state index in [0.717, 1.165) is 33.8 Å². The Balaban J connectivity index is 1.30. The predicted octanol–water partition coefficient (Wildman–Crippen LogP) is 4.16. The normalized spacial score (nSPS) is 17.2. The largest absolute Gasteiger partial charge is 0.481 e. The molecular formula is C26H30N2O5S. The first-order chi connectivity index (χ1) is 16.4. The average Bonchev–Trinajstić information content (AvgIpc) is 3.11. The zero-order valence-corrected chi connectivity index (χ0v) is 20.0. The fraction of sp³-hybridized carbons (Fsp3) is 0.423. The number of ether oxygens (including phenoxy) is 1. The van der Waals surface area contributed by atoms with Gasteiger partial charge in [0.2, 0.25) is 5.91 Å². The third kappa shape index (κ3) is 5.55. The van der Waals surface area contributed by atoms with Crippen molar-refractivity contribution < 1.29 is 24.2 Å². The van der Waals surface area contributed by atoms with Crippen LogP contribution in [0.1, 0.15) is 49.7 Å². The van der Waals surface area contributed by atoms with E-state index in [-0.39, 0.29) is 31.3 Å². The Morgan fingerprint density at radius 1 is 1.06 bits per heavy atom. The molecule has 180 valence electrons. The van der Waals surface area contributed by atoms with Crippen LogP contribution in [0.5, 0.6) is 0 Å². The van der Waals surface area contributed by atoms with Gasteiger partial charge >= 0.3 is 12.1 Å². The summed E-state index contributed by atoms with van der Waals surface area (Å²) in [5.74, 6) is 0.427. The highest BCUT2D eigenvalue weighted by atomic mass is 32.2. The summed E-state index contributed by atoms with van der Waals surface area (Å²) in [4.78, 5) is 36.4. The summed E-state index contributed by atoms with van der Waals surface area (Å²) in [6.45, 7) is 1.94. The van der Waals surface area contributed by atoms with Crippen LogP contribution < -0.4 is 10.6 Å². The number of carbonyl (C=O) groups excluding carboxylic acids is 2. The van der Waals surface area contributed by atoms with Crippen LogP contribution in [0.2, 0.25) is 0 Å². The van der Waals surface area contributed by atoms with Gasteiger partial charge in [0.05, 0.1) is 12.0 Å². The molecule has 1 saturated heterocycles. The van der Waals surface area contributed by atoms with E-state index in [2.05, 4.69) is 34.9 Å². The predicted molar refractivity (Wildman–Crippen MR) is 132 cm³/mol. The average molecular weight is 483 g/mol. The first-order valence-electron chi connectivity index (χ1n) is 11.6. The van der Waals surface area contributed by atoms with Gasteiger partial charge in [0.1, 0.15) is 6.61 Å². The quantitative estimate of drug-likeness (QED) is 0.522. The first-order valence-corrected chi connectivity index (χ1v) is 12.7. The molecule has 0 aromatic heterocycles. The van der Waals surface area contributed by atoms with Gasteiger partial charge in [0, 0.05) is 18.4 Å². The minimum atomic E-state index is -0.919. The van der Waals surface area contributed by atoms with Crippen LogP contribution in [0.25, 0.3) is 11.1 Å². The molecule has 0 radical (unpaired) electrons. The van der Waals surface area contributed by atoms with Crippen molar-refractivity contribution in [3.8, 4) is 11.1 Å². The summed E-state index contributed by atoms with van der Waals surface area (Å²) in [6, 6.07) is 15.8. The van der Waals surface area contributed by atoms with Gasteiger partial charge in [-0.2, -0.15) is 11.8 Å². The second-order valence-corrected chi connectivity index (χ2v) is 10.3. The zero-order valence-electron chi connectivity index (χ0n) is 19.2. The Morgan fingerprint density at radius 2 is 1.65 bits per heavy atom. The number of aliphatic carboxylic acids is 1. The lowest BCUT2D eigenvalue weighted by Crippen LogP contribution is -2.53. The van der Waals surface area contributed by atoms with Crippen LogP contribution in [-0.2, 0) is 14.3 Å². The molecule has 1 atom stereocenters. The molecule has 8 heteroatoms. The first kappa shape index (κ1) is 24.1. The van der Waals surface area contributed by atoms with Gasteiger partial charge in [-0.3, -0.25) is 9.59 Å². The Labute approximate surface area is 203 Å². The van der Waals surface area contributed by atoms with Crippen molar-refractivity contribution in [1.29, 1.82) is 0 Å². The lowest BCUT2D eigenvalue weighted by Gasteiger charge is -2.37. The van der Waals surface area contributed by atoms with Gasteiger partial charge in [-0.05, 0) is 53.5 Å². The zero-order chi connectivity index (χ0) is 24.1. The van der Waals surface area contributed by atoms with Crippen LogP contribution in [-0.4, -0.2) is 52.8 Å². The van der Waals surface area contributed by atoms with Crippen molar-refractivity contribution in [3.63, 3.8) is 0 Å². The molecule has 1 aliphatic carbocycles. The highest BCUT2D eigenvalue weighted by Crippen LogP contribution is 2.44. The second kappa shape index (κ2) is 10.5. The fourth-order valence-electron chi connectivity index (χ4n) is 4.91. The van der Waals surface area contributed by atoms with Crippen molar-refractivity contribution in [2.75, 3.05) is 18.1 Å². The van der Waals surface area contributed by atoms with E-state index >= 15 is 0 Å². The number of carbonyl (C=O) groups is 3. The Morgan fingerprint density at radius 3 is 2.24 bits per heavy atom. The highest BCUT2D eigenvalue weighted by molar-refractivity contribution is 7.99. The molecule has 1 heterocycles. The monoisotopic (exact) mass is 482 g/mol. The number of thioether (sulfide) groups is 1. The van der Waals surface area contributed by atoms with Crippen LogP contribution in [0.3, 0.4) is 0 Å². The van der Waals surface area contributed by atoms with Crippen LogP contribution in [0, 0.1) is 0 Å². The van der Waals surface area contributed by atoms with Crippen molar-refractivity contribution in [2.45, 2.75) is 50.1 Å². The summed E-state index contributed by atoms with van der Waals surface area (Å²) in [7, 11) is 0. The molecule has 0 unspecified atom stereocenters. The molecule has 3 N–H and O–H groups in total. The molecule has 7 nitrogen and oxygen atoms in total. The number of nitrogens with one attached hydrogen (secondary N) is 2. The smallest absolute Gasteiger partial charge is 0.407 e. The van der Waals surface area contributed by atoms with Gasteiger partial charge in [-0.1, -0.05) is 48.5 Å². The number of benzene rings is 2. The molecular weight excluding hydrogens is 452 g/mol. The molecule has 2 aromatic carbocycles. The molecule has 1 fully saturated rings. The van der Waals surface area contributed by atoms with E-state index in [1.54, 1.807) is 18.7 Å². The summed E-state index contributed by atoms with van der Waals surface area (Å²) in [5, 5.41) is 15.0. The van der Waals surface area contributed by atoms with Crippen molar-refractivity contribution in [1.82, 2.24) is 10.6 Å². The molecule has 0 saturated carbocycles. The summed E-state index contributed by atoms with van der Waals surface area (Å²) in [6.07, 6.45) is 0.650. The Bertz CT molecular complexity index is 1020. The number of hydrogen-bond donors (Lipinski definition) is 3. The van der Waals surface area contributed by atoms with Crippen molar-refractivity contribution >= 4 is 29.7 Å². The molecule has 4 rings (SSSR count).